The molecule has 0 spiro atoms. The number of ketones is 1. The van der Waals surface area contributed by atoms with Crippen LogP contribution in [-0.4, -0.2) is 10.7 Å². The predicted molar refractivity (Wildman–Crippen MR) is 81.1 cm³/mol. The predicted octanol–water partition coefficient (Wildman–Crippen LogP) is 4.10. The van der Waals surface area contributed by atoms with Crippen LogP contribution >= 0.6 is 0 Å². The van der Waals surface area contributed by atoms with Crippen LogP contribution in [-0.2, 0) is 6.18 Å². The van der Waals surface area contributed by atoms with E-state index in [1.807, 2.05) is 0 Å². The second-order valence-electron chi connectivity index (χ2n) is 4.70. The quantitative estimate of drug-likeness (QED) is 0.507. The van der Waals surface area contributed by atoms with Crippen molar-refractivity contribution in [2.75, 3.05) is 5.32 Å². The van der Waals surface area contributed by atoms with Crippen LogP contribution in [0.1, 0.15) is 21.5 Å². The van der Waals surface area contributed by atoms with Crippen LogP contribution in [0, 0.1) is 10.1 Å². The molecule has 2 aromatic rings. The number of rotatable bonds is 5. The van der Waals surface area contributed by atoms with Gasteiger partial charge in [0.15, 0.2) is 5.78 Å². The molecule has 0 aliphatic heterocycles. The summed E-state index contributed by atoms with van der Waals surface area (Å²) < 4.78 is 38.7. The lowest BCUT2D eigenvalue weighted by Crippen LogP contribution is -2.10. The molecule has 0 fully saturated rings. The number of nitrogens with zero attached hydrogens (tertiary/aromatic N) is 1. The van der Waals surface area contributed by atoms with Crippen molar-refractivity contribution in [2.24, 2.45) is 0 Å². The van der Waals surface area contributed by atoms with E-state index in [-0.39, 0.29) is 16.8 Å². The molecule has 0 aromatic heterocycles. The van der Waals surface area contributed by atoms with Crippen LogP contribution in [0.3, 0.4) is 0 Å². The number of anilines is 1. The van der Waals surface area contributed by atoms with Crippen LogP contribution in [0.2, 0.25) is 0 Å². The van der Waals surface area contributed by atoms with E-state index in [4.69, 9.17) is 0 Å². The average molecular weight is 336 g/mol. The number of alkyl halides is 3. The summed E-state index contributed by atoms with van der Waals surface area (Å²) >= 11 is 0. The molecule has 5 nitrogen and oxygen atoms in total. The van der Waals surface area contributed by atoms with Gasteiger partial charge in [-0.1, -0.05) is 30.3 Å². The van der Waals surface area contributed by atoms with Gasteiger partial charge in [0, 0.05) is 16.8 Å². The molecule has 1 N–H and O–H groups in total. The summed E-state index contributed by atoms with van der Waals surface area (Å²) in [6, 6.07) is 10.4. The van der Waals surface area contributed by atoms with Gasteiger partial charge >= 0.3 is 6.18 Å². The van der Waals surface area contributed by atoms with Crippen molar-refractivity contribution in [3.8, 4) is 0 Å². The smallest absolute Gasteiger partial charge is 0.356 e. The normalized spacial score (nSPS) is 11.5. The number of nitrogens with one attached hydrogen (secondary N) is 1. The van der Waals surface area contributed by atoms with Gasteiger partial charge in [-0.05, 0) is 18.2 Å². The highest BCUT2D eigenvalue weighted by Crippen LogP contribution is 2.32. The Labute approximate surface area is 134 Å². The van der Waals surface area contributed by atoms with Gasteiger partial charge in [0.25, 0.3) is 0 Å². The van der Waals surface area contributed by atoms with Gasteiger partial charge in [0.1, 0.15) is 0 Å². The SMILES string of the molecule is O=C(c1ccccc1)c1cc(C(F)(F)F)ccc1NC=C[N+](=O)[O-]. The molecule has 0 unspecified atom stereocenters. The first-order valence-corrected chi connectivity index (χ1v) is 6.67. The molecule has 8 heteroatoms. The lowest BCUT2D eigenvalue weighted by atomic mass is 9.99. The third-order valence-corrected chi connectivity index (χ3v) is 3.06. The van der Waals surface area contributed by atoms with Crippen LogP contribution in [0.5, 0.6) is 0 Å². The zero-order chi connectivity index (χ0) is 17.7. The molecule has 0 aliphatic carbocycles. The van der Waals surface area contributed by atoms with Gasteiger partial charge in [-0.3, -0.25) is 14.9 Å². The monoisotopic (exact) mass is 336 g/mol. The number of hydrogen-bond donors (Lipinski definition) is 1. The minimum absolute atomic E-state index is 0.0370. The number of halogens is 3. The first-order chi connectivity index (χ1) is 11.3. The zero-order valence-corrected chi connectivity index (χ0v) is 12.1. The fourth-order valence-corrected chi connectivity index (χ4v) is 1.97. The van der Waals surface area contributed by atoms with E-state index in [9.17, 15) is 28.1 Å². The first kappa shape index (κ1) is 17.2. The van der Waals surface area contributed by atoms with E-state index in [0.717, 1.165) is 24.4 Å². The molecule has 0 aliphatic rings. The van der Waals surface area contributed by atoms with E-state index in [0.29, 0.717) is 6.20 Å². The van der Waals surface area contributed by atoms with E-state index >= 15 is 0 Å². The van der Waals surface area contributed by atoms with Crippen molar-refractivity contribution in [3.63, 3.8) is 0 Å². The second kappa shape index (κ2) is 6.95. The third kappa shape index (κ3) is 4.19. The minimum Gasteiger partial charge on any atom is -0.356 e. The molecule has 0 saturated carbocycles. The Balaban J connectivity index is 2.47. The number of carbonyl (C=O) groups excluding carboxylic acids is 1. The number of nitro groups is 1. The summed E-state index contributed by atoms with van der Waals surface area (Å²) in [7, 11) is 0. The fourth-order valence-electron chi connectivity index (χ4n) is 1.97. The zero-order valence-electron chi connectivity index (χ0n) is 12.1. The Hall–Kier alpha value is -3.16. The lowest BCUT2D eigenvalue weighted by molar-refractivity contribution is -0.402. The molecule has 124 valence electrons. The topological polar surface area (TPSA) is 72.2 Å². The van der Waals surface area contributed by atoms with Gasteiger partial charge in [0.2, 0.25) is 6.20 Å². The molecule has 2 aromatic carbocycles. The molecule has 0 bridgehead atoms. The molecular formula is C16H11F3N2O3. The highest BCUT2D eigenvalue weighted by Gasteiger charge is 2.31. The summed E-state index contributed by atoms with van der Waals surface area (Å²) in [5.74, 6) is -0.626. The lowest BCUT2D eigenvalue weighted by Gasteiger charge is -2.12. The van der Waals surface area contributed by atoms with E-state index in [1.165, 1.54) is 12.1 Å². The molecule has 0 radical (unpaired) electrons. The Bertz CT molecular complexity index is 787. The Morgan fingerprint density at radius 2 is 1.79 bits per heavy atom. The fraction of sp³-hybridized carbons (Fsp3) is 0.0625. The molecule has 0 heterocycles. The van der Waals surface area contributed by atoms with Gasteiger partial charge < -0.3 is 5.32 Å². The van der Waals surface area contributed by atoms with Crippen molar-refractivity contribution in [1.82, 2.24) is 0 Å². The molecule has 0 amide bonds. The van der Waals surface area contributed by atoms with E-state index in [2.05, 4.69) is 5.32 Å². The van der Waals surface area contributed by atoms with Crippen LogP contribution < -0.4 is 5.32 Å². The summed E-state index contributed by atoms with van der Waals surface area (Å²) in [6.07, 6.45) is -3.10. The summed E-state index contributed by atoms with van der Waals surface area (Å²) in [5, 5.41) is 12.7. The molecule has 2 rings (SSSR count). The maximum absolute atomic E-state index is 12.9. The summed E-state index contributed by atoms with van der Waals surface area (Å²) in [4.78, 5) is 22.0. The molecule has 24 heavy (non-hydrogen) atoms. The highest BCUT2D eigenvalue weighted by atomic mass is 19.4. The van der Waals surface area contributed by atoms with Crippen molar-refractivity contribution < 1.29 is 22.9 Å². The largest absolute Gasteiger partial charge is 0.416 e. The average Bonchev–Trinajstić information content (AvgIpc) is 2.54. The Morgan fingerprint density at radius 3 is 2.38 bits per heavy atom. The highest BCUT2D eigenvalue weighted by molar-refractivity contribution is 6.12. The minimum atomic E-state index is -4.61. The number of carbonyl (C=O) groups is 1. The van der Waals surface area contributed by atoms with Crippen molar-refractivity contribution in [3.05, 3.63) is 87.7 Å². The first-order valence-electron chi connectivity index (χ1n) is 6.67. The van der Waals surface area contributed by atoms with Crippen molar-refractivity contribution >= 4 is 11.5 Å². The maximum atomic E-state index is 12.9. The van der Waals surface area contributed by atoms with Gasteiger partial charge in [-0.25, -0.2) is 0 Å². The summed E-state index contributed by atoms with van der Waals surface area (Å²) in [6.45, 7) is 0. The number of benzene rings is 2. The van der Waals surface area contributed by atoms with Crippen molar-refractivity contribution in [2.45, 2.75) is 6.18 Å². The molecule has 0 atom stereocenters. The van der Waals surface area contributed by atoms with Gasteiger partial charge in [-0.2, -0.15) is 13.2 Å². The van der Waals surface area contributed by atoms with Crippen LogP contribution in [0.15, 0.2) is 60.9 Å². The molecular weight excluding hydrogens is 325 g/mol. The van der Waals surface area contributed by atoms with Crippen molar-refractivity contribution in [1.29, 1.82) is 0 Å². The summed E-state index contributed by atoms with van der Waals surface area (Å²) in [5.41, 5.74) is -0.970. The van der Waals surface area contributed by atoms with Gasteiger partial charge in [0.05, 0.1) is 16.7 Å². The Morgan fingerprint density at radius 1 is 1.12 bits per heavy atom. The Kier molecular flexibility index (Phi) is 4.98. The third-order valence-electron chi connectivity index (χ3n) is 3.06. The second-order valence-corrected chi connectivity index (χ2v) is 4.70. The number of hydrogen-bond acceptors (Lipinski definition) is 4. The maximum Gasteiger partial charge on any atom is 0.416 e. The molecule has 0 saturated heterocycles. The van der Waals surface area contributed by atoms with Crippen LogP contribution in [0.4, 0.5) is 18.9 Å². The van der Waals surface area contributed by atoms with E-state index in [1.54, 1.807) is 18.2 Å². The van der Waals surface area contributed by atoms with Crippen LogP contribution in [0.25, 0.3) is 0 Å². The standard InChI is InChI=1S/C16H11F3N2O3/c17-16(18,19)12-6-7-14(20-8-9-21(23)24)13(10-12)15(22)11-4-2-1-3-5-11/h1-10,20H. The van der Waals surface area contributed by atoms with Gasteiger partial charge in [-0.15, -0.1) is 0 Å². The van der Waals surface area contributed by atoms with E-state index < -0.39 is 22.4 Å².